The van der Waals surface area contributed by atoms with Crippen molar-refractivity contribution in [2.24, 2.45) is 0 Å². The second kappa shape index (κ2) is 5.14. The van der Waals surface area contributed by atoms with Crippen LogP contribution in [0.3, 0.4) is 0 Å². The van der Waals surface area contributed by atoms with Crippen molar-refractivity contribution in [3.63, 3.8) is 0 Å². The van der Waals surface area contributed by atoms with Crippen molar-refractivity contribution in [2.45, 2.75) is 37.8 Å². The highest BCUT2D eigenvalue weighted by Gasteiger charge is 2.44. The smallest absolute Gasteiger partial charge is 0.0991 e. The van der Waals surface area contributed by atoms with Gasteiger partial charge in [0.25, 0.3) is 0 Å². The molecule has 3 N–H and O–H groups in total. The summed E-state index contributed by atoms with van der Waals surface area (Å²) in [5, 5.41) is 28.9. The number of hydrogen-bond acceptors (Lipinski definition) is 4. The first kappa shape index (κ1) is 12.5. The van der Waals surface area contributed by atoms with Gasteiger partial charge in [-0.05, 0) is 12.5 Å². The van der Waals surface area contributed by atoms with Gasteiger partial charge in [0.05, 0.1) is 24.9 Å². The third-order valence-corrected chi connectivity index (χ3v) is 3.58. The summed E-state index contributed by atoms with van der Waals surface area (Å²) >= 11 is 0. The van der Waals surface area contributed by atoms with Gasteiger partial charge in [0.15, 0.2) is 0 Å². The average molecular weight is 237 g/mol. The third kappa shape index (κ3) is 2.35. The van der Waals surface area contributed by atoms with Gasteiger partial charge >= 0.3 is 0 Å². The molecule has 1 aliphatic heterocycles. The lowest BCUT2D eigenvalue weighted by molar-refractivity contribution is 0.0186. The topological polar surface area (TPSA) is 63.9 Å². The molecule has 0 saturated carbocycles. The van der Waals surface area contributed by atoms with E-state index in [0.717, 1.165) is 5.56 Å². The molecule has 2 rings (SSSR count). The zero-order chi connectivity index (χ0) is 12.4. The quantitative estimate of drug-likeness (QED) is 0.691. The number of nitrogens with zero attached hydrogens (tertiary/aromatic N) is 1. The van der Waals surface area contributed by atoms with Crippen LogP contribution in [-0.4, -0.2) is 51.1 Å². The van der Waals surface area contributed by atoms with Crippen molar-refractivity contribution in [2.75, 3.05) is 6.61 Å². The molecular formula is C13H19NO3. The molecule has 0 spiro atoms. The molecule has 1 aromatic rings. The fourth-order valence-corrected chi connectivity index (χ4v) is 2.48. The molecule has 4 heteroatoms. The van der Waals surface area contributed by atoms with Gasteiger partial charge in [0.1, 0.15) is 0 Å². The standard InChI is InChI=1S/C13H19NO3/c1-9-12(16)13(17)11(8-15)14(9)7-10-5-3-2-4-6-10/h2-6,9,11-13,15-17H,7-8H2,1H3/t9-,11+,12-,13+/m0/s1. The van der Waals surface area contributed by atoms with Crippen LogP contribution in [0.25, 0.3) is 0 Å². The first-order valence-electron chi connectivity index (χ1n) is 5.92. The second-order valence-electron chi connectivity index (χ2n) is 4.63. The number of aliphatic hydroxyl groups excluding tert-OH is 3. The van der Waals surface area contributed by atoms with E-state index in [0.29, 0.717) is 6.54 Å². The van der Waals surface area contributed by atoms with Gasteiger partial charge in [-0.1, -0.05) is 30.3 Å². The Balaban J connectivity index is 2.14. The van der Waals surface area contributed by atoms with Crippen LogP contribution in [0.15, 0.2) is 30.3 Å². The zero-order valence-electron chi connectivity index (χ0n) is 9.90. The van der Waals surface area contributed by atoms with E-state index in [1.807, 2.05) is 42.2 Å². The summed E-state index contributed by atoms with van der Waals surface area (Å²) in [4.78, 5) is 1.95. The van der Waals surface area contributed by atoms with Crippen molar-refractivity contribution in [3.8, 4) is 0 Å². The van der Waals surface area contributed by atoms with Crippen LogP contribution >= 0.6 is 0 Å². The normalized spacial score (nSPS) is 34.1. The Morgan fingerprint density at radius 2 is 1.76 bits per heavy atom. The van der Waals surface area contributed by atoms with Crippen LogP contribution < -0.4 is 0 Å². The molecule has 0 aliphatic carbocycles. The van der Waals surface area contributed by atoms with Crippen LogP contribution in [0.2, 0.25) is 0 Å². The van der Waals surface area contributed by atoms with E-state index >= 15 is 0 Å². The first-order chi connectivity index (χ1) is 8.15. The summed E-state index contributed by atoms with van der Waals surface area (Å²) in [6, 6.07) is 9.32. The Hall–Kier alpha value is -0.940. The van der Waals surface area contributed by atoms with Crippen LogP contribution in [0.5, 0.6) is 0 Å². The Kier molecular flexibility index (Phi) is 3.79. The molecule has 1 saturated heterocycles. The minimum absolute atomic E-state index is 0.143. The van der Waals surface area contributed by atoms with E-state index in [1.54, 1.807) is 0 Å². The van der Waals surface area contributed by atoms with Crippen LogP contribution in [0.1, 0.15) is 12.5 Å². The average Bonchev–Trinajstić information content (AvgIpc) is 2.55. The van der Waals surface area contributed by atoms with Crippen LogP contribution in [0.4, 0.5) is 0 Å². The predicted octanol–water partition coefficient (Wildman–Crippen LogP) is -0.0266. The van der Waals surface area contributed by atoms with Gasteiger partial charge in [0, 0.05) is 12.6 Å². The zero-order valence-corrected chi connectivity index (χ0v) is 9.90. The lowest BCUT2D eigenvalue weighted by Crippen LogP contribution is -2.40. The van der Waals surface area contributed by atoms with Crippen molar-refractivity contribution < 1.29 is 15.3 Å². The highest BCUT2D eigenvalue weighted by atomic mass is 16.3. The fraction of sp³-hybridized carbons (Fsp3) is 0.538. The Bertz CT molecular complexity index is 357. The van der Waals surface area contributed by atoms with Gasteiger partial charge in [-0.25, -0.2) is 0 Å². The lowest BCUT2D eigenvalue weighted by atomic mass is 10.1. The summed E-state index contributed by atoms with van der Waals surface area (Å²) in [6.45, 7) is 2.35. The maximum atomic E-state index is 9.82. The first-order valence-corrected chi connectivity index (χ1v) is 5.92. The molecule has 4 atom stereocenters. The van der Waals surface area contributed by atoms with Crippen molar-refractivity contribution in [3.05, 3.63) is 35.9 Å². The van der Waals surface area contributed by atoms with E-state index in [1.165, 1.54) is 0 Å². The lowest BCUT2D eigenvalue weighted by Gasteiger charge is -2.27. The number of aliphatic hydroxyl groups is 3. The molecule has 1 heterocycles. The number of rotatable bonds is 3. The number of benzene rings is 1. The van der Waals surface area contributed by atoms with E-state index in [-0.39, 0.29) is 18.7 Å². The van der Waals surface area contributed by atoms with Crippen molar-refractivity contribution >= 4 is 0 Å². The molecule has 0 bridgehead atoms. The largest absolute Gasteiger partial charge is 0.395 e. The van der Waals surface area contributed by atoms with E-state index < -0.39 is 12.2 Å². The summed E-state index contributed by atoms with van der Waals surface area (Å²) in [5.74, 6) is 0. The molecule has 1 fully saturated rings. The van der Waals surface area contributed by atoms with Gasteiger partial charge in [-0.2, -0.15) is 0 Å². The van der Waals surface area contributed by atoms with Gasteiger partial charge in [-0.15, -0.1) is 0 Å². The molecular weight excluding hydrogens is 218 g/mol. The maximum absolute atomic E-state index is 9.82. The molecule has 1 aliphatic rings. The van der Waals surface area contributed by atoms with Crippen molar-refractivity contribution in [1.29, 1.82) is 0 Å². The van der Waals surface area contributed by atoms with Crippen LogP contribution in [0, 0.1) is 0 Å². The number of likely N-dealkylation sites (tertiary alicyclic amines) is 1. The molecule has 1 aromatic carbocycles. The Morgan fingerprint density at radius 1 is 1.12 bits per heavy atom. The van der Waals surface area contributed by atoms with Gasteiger partial charge < -0.3 is 15.3 Å². The third-order valence-electron chi connectivity index (χ3n) is 3.58. The Morgan fingerprint density at radius 3 is 2.35 bits per heavy atom. The molecule has 4 nitrogen and oxygen atoms in total. The summed E-state index contributed by atoms with van der Waals surface area (Å²) < 4.78 is 0. The Labute approximate surface area is 101 Å². The molecule has 0 aromatic heterocycles. The highest BCUT2D eigenvalue weighted by molar-refractivity contribution is 5.16. The number of hydrogen-bond donors (Lipinski definition) is 3. The summed E-state index contributed by atoms with van der Waals surface area (Å²) in [7, 11) is 0. The van der Waals surface area contributed by atoms with Gasteiger partial charge in [0.2, 0.25) is 0 Å². The van der Waals surface area contributed by atoms with E-state index in [4.69, 9.17) is 0 Å². The second-order valence-corrected chi connectivity index (χ2v) is 4.63. The van der Waals surface area contributed by atoms with E-state index in [9.17, 15) is 15.3 Å². The summed E-state index contributed by atoms with van der Waals surface area (Å²) in [6.07, 6.45) is -1.67. The maximum Gasteiger partial charge on any atom is 0.0991 e. The molecule has 17 heavy (non-hydrogen) atoms. The van der Waals surface area contributed by atoms with Crippen LogP contribution in [-0.2, 0) is 6.54 Å². The predicted molar refractivity (Wildman–Crippen MR) is 64.3 cm³/mol. The monoisotopic (exact) mass is 237 g/mol. The van der Waals surface area contributed by atoms with Crippen molar-refractivity contribution in [1.82, 2.24) is 4.90 Å². The molecule has 0 unspecified atom stereocenters. The summed E-state index contributed by atoms with van der Waals surface area (Å²) in [5.41, 5.74) is 1.11. The molecule has 94 valence electrons. The van der Waals surface area contributed by atoms with E-state index in [2.05, 4.69) is 0 Å². The molecule has 0 amide bonds. The highest BCUT2D eigenvalue weighted by Crippen LogP contribution is 2.26. The minimum atomic E-state index is -0.876. The van der Waals surface area contributed by atoms with Gasteiger partial charge in [-0.3, -0.25) is 4.90 Å². The fourth-order valence-electron chi connectivity index (χ4n) is 2.48. The SMILES string of the molecule is C[C@H]1[C@H](O)[C@H](O)[C@@H](CO)N1Cc1ccccc1. The minimum Gasteiger partial charge on any atom is -0.395 e. The molecule has 0 radical (unpaired) electrons.